The van der Waals surface area contributed by atoms with Gasteiger partial charge >= 0.3 is 0 Å². The minimum absolute atomic E-state index is 0.121. The Kier molecular flexibility index (Phi) is 3.23. The van der Waals surface area contributed by atoms with Crippen molar-refractivity contribution in [3.63, 3.8) is 0 Å². The number of rotatable bonds is 4. The molecule has 2 fully saturated rings. The van der Waals surface area contributed by atoms with Gasteiger partial charge in [-0.05, 0) is 26.2 Å². The Morgan fingerprint density at radius 1 is 1.21 bits per heavy atom. The molecule has 3 rings (SSSR count). The molecule has 1 aromatic heterocycles. The van der Waals surface area contributed by atoms with Crippen LogP contribution in [-0.4, -0.2) is 34.0 Å². The molecule has 19 heavy (non-hydrogen) atoms. The minimum atomic E-state index is 0.121. The lowest BCUT2D eigenvalue weighted by Gasteiger charge is -2.30. The predicted octanol–water partition coefficient (Wildman–Crippen LogP) is 1.13. The molecule has 1 amide bonds. The van der Waals surface area contributed by atoms with Crippen LogP contribution in [0.5, 0.6) is 0 Å². The van der Waals surface area contributed by atoms with Crippen molar-refractivity contribution in [2.75, 3.05) is 10.6 Å². The number of carbonyl (C=O) groups excluding carboxylic acids is 1. The molecule has 1 saturated heterocycles. The highest BCUT2D eigenvalue weighted by Gasteiger charge is 2.25. The van der Waals surface area contributed by atoms with Gasteiger partial charge in [-0.3, -0.25) is 4.79 Å². The van der Waals surface area contributed by atoms with Gasteiger partial charge in [0, 0.05) is 30.6 Å². The molecular formula is C13H19N5O. The van der Waals surface area contributed by atoms with Crippen LogP contribution in [0.15, 0.2) is 12.4 Å². The Bertz CT molecular complexity index is 474. The normalized spacial score (nSPS) is 26.7. The van der Waals surface area contributed by atoms with E-state index in [4.69, 9.17) is 0 Å². The van der Waals surface area contributed by atoms with Gasteiger partial charge in [-0.25, -0.2) is 9.97 Å². The van der Waals surface area contributed by atoms with Crippen LogP contribution >= 0.6 is 0 Å². The molecule has 2 unspecified atom stereocenters. The van der Waals surface area contributed by atoms with Crippen LogP contribution in [0.25, 0.3) is 0 Å². The third kappa shape index (κ3) is 3.13. The van der Waals surface area contributed by atoms with E-state index in [0.29, 0.717) is 12.5 Å². The summed E-state index contributed by atoms with van der Waals surface area (Å²) in [6, 6.07) is 2.86. The first-order valence-corrected chi connectivity index (χ1v) is 6.85. The molecule has 3 N–H and O–H groups in total. The summed E-state index contributed by atoms with van der Waals surface area (Å²) in [7, 11) is 0. The summed E-state index contributed by atoms with van der Waals surface area (Å²) in [6.45, 7) is 2.01. The lowest BCUT2D eigenvalue weighted by molar-refractivity contribution is -0.123. The fourth-order valence-corrected chi connectivity index (χ4v) is 2.30. The maximum absolute atomic E-state index is 11.3. The topological polar surface area (TPSA) is 78.9 Å². The number of nitrogens with zero attached hydrogens (tertiary/aromatic N) is 2. The molecule has 1 aromatic rings. The largest absolute Gasteiger partial charge is 0.367 e. The maximum atomic E-state index is 11.3. The molecule has 0 spiro atoms. The molecule has 1 aliphatic heterocycles. The molecule has 2 heterocycles. The Labute approximate surface area is 112 Å². The number of hydrogen-bond acceptors (Lipinski definition) is 5. The van der Waals surface area contributed by atoms with E-state index in [9.17, 15) is 4.79 Å². The summed E-state index contributed by atoms with van der Waals surface area (Å²) in [5.41, 5.74) is 0. The molecule has 0 bridgehead atoms. The van der Waals surface area contributed by atoms with Crippen LogP contribution in [0.1, 0.15) is 32.6 Å². The van der Waals surface area contributed by atoms with Gasteiger partial charge in [-0.1, -0.05) is 0 Å². The fraction of sp³-hybridized carbons (Fsp3) is 0.615. The van der Waals surface area contributed by atoms with Crippen LogP contribution in [0, 0.1) is 0 Å². The third-order valence-electron chi connectivity index (χ3n) is 3.60. The van der Waals surface area contributed by atoms with E-state index in [1.807, 2.05) is 13.0 Å². The summed E-state index contributed by atoms with van der Waals surface area (Å²) in [5, 5.41) is 9.68. The monoisotopic (exact) mass is 261 g/mol. The average molecular weight is 261 g/mol. The zero-order valence-electron chi connectivity index (χ0n) is 11.0. The molecule has 0 radical (unpaired) electrons. The number of nitrogens with one attached hydrogen (secondary N) is 3. The van der Waals surface area contributed by atoms with Crippen LogP contribution in [0.3, 0.4) is 0 Å². The van der Waals surface area contributed by atoms with E-state index in [1.54, 1.807) is 6.33 Å². The molecule has 2 atom stereocenters. The van der Waals surface area contributed by atoms with Crippen molar-refractivity contribution in [2.24, 2.45) is 0 Å². The van der Waals surface area contributed by atoms with Gasteiger partial charge in [-0.2, -0.15) is 0 Å². The van der Waals surface area contributed by atoms with Crippen molar-refractivity contribution in [3.05, 3.63) is 12.4 Å². The van der Waals surface area contributed by atoms with Crippen molar-refractivity contribution in [1.82, 2.24) is 15.3 Å². The quantitative estimate of drug-likeness (QED) is 0.757. The molecule has 2 aliphatic rings. The summed E-state index contributed by atoms with van der Waals surface area (Å²) >= 11 is 0. The second-order valence-electron chi connectivity index (χ2n) is 5.35. The van der Waals surface area contributed by atoms with Crippen LogP contribution in [0.4, 0.5) is 11.6 Å². The lowest BCUT2D eigenvalue weighted by atomic mass is 9.99. The van der Waals surface area contributed by atoms with E-state index in [0.717, 1.165) is 18.1 Å². The van der Waals surface area contributed by atoms with Crippen molar-refractivity contribution in [1.29, 1.82) is 0 Å². The number of amides is 1. The van der Waals surface area contributed by atoms with E-state index in [-0.39, 0.29) is 18.0 Å². The van der Waals surface area contributed by atoms with Gasteiger partial charge in [0.1, 0.15) is 18.0 Å². The lowest BCUT2D eigenvalue weighted by Crippen LogP contribution is -2.49. The van der Waals surface area contributed by atoms with Crippen molar-refractivity contribution in [2.45, 2.75) is 50.7 Å². The Balaban J connectivity index is 1.63. The Hall–Kier alpha value is -1.85. The first kappa shape index (κ1) is 12.2. The number of anilines is 2. The molecule has 102 valence electrons. The van der Waals surface area contributed by atoms with Crippen molar-refractivity contribution in [3.8, 4) is 0 Å². The van der Waals surface area contributed by atoms with E-state index < -0.39 is 0 Å². The molecular weight excluding hydrogens is 242 g/mol. The molecule has 6 nitrogen and oxygen atoms in total. The van der Waals surface area contributed by atoms with E-state index >= 15 is 0 Å². The molecule has 1 aliphatic carbocycles. The van der Waals surface area contributed by atoms with Crippen molar-refractivity contribution < 1.29 is 4.79 Å². The number of carbonyl (C=O) groups is 1. The van der Waals surface area contributed by atoms with Crippen LogP contribution in [-0.2, 0) is 4.79 Å². The summed E-state index contributed by atoms with van der Waals surface area (Å²) in [4.78, 5) is 19.7. The SMILES string of the molecule is CC1NC(=O)CCC1Nc1cc(NC2CC2)ncn1. The second kappa shape index (κ2) is 5.03. The first-order valence-electron chi connectivity index (χ1n) is 6.85. The van der Waals surface area contributed by atoms with Gasteiger partial charge in [-0.15, -0.1) is 0 Å². The Morgan fingerprint density at radius 3 is 2.63 bits per heavy atom. The summed E-state index contributed by atoms with van der Waals surface area (Å²) < 4.78 is 0. The first-order chi connectivity index (χ1) is 9.20. The Morgan fingerprint density at radius 2 is 1.95 bits per heavy atom. The van der Waals surface area contributed by atoms with Gasteiger partial charge in [0.15, 0.2) is 0 Å². The number of hydrogen-bond donors (Lipinski definition) is 3. The maximum Gasteiger partial charge on any atom is 0.220 e. The summed E-state index contributed by atoms with van der Waals surface area (Å²) in [6.07, 6.45) is 5.42. The minimum Gasteiger partial charge on any atom is -0.367 e. The highest BCUT2D eigenvalue weighted by atomic mass is 16.1. The van der Waals surface area contributed by atoms with E-state index in [1.165, 1.54) is 12.8 Å². The summed E-state index contributed by atoms with van der Waals surface area (Å²) in [5.74, 6) is 1.81. The van der Waals surface area contributed by atoms with Crippen LogP contribution in [0.2, 0.25) is 0 Å². The molecule has 6 heteroatoms. The average Bonchev–Trinajstić information content (AvgIpc) is 3.17. The van der Waals surface area contributed by atoms with Gasteiger partial charge < -0.3 is 16.0 Å². The highest BCUT2D eigenvalue weighted by Crippen LogP contribution is 2.24. The van der Waals surface area contributed by atoms with Gasteiger partial charge in [0.05, 0.1) is 0 Å². The standard InChI is InChI=1S/C13H19N5O/c1-8-10(4-5-13(19)16-8)18-12-6-11(14-7-15-12)17-9-2-3-9/h6-10H,2-5H2,1H3,(H,16,19)(H2,14,15,17,18). The molecule has 1 saturated carbocycles. The third-order valence-corrected chi connectivity index (χ3v) is 3.60. The zero-order valence-corrected chi connectivity index (χ0v) is 11.0. The second-order valence-corrected chi connectivity index (χ2v) is 5.35. The van der Waals surface area contributed by atoms with Crippen molar-refractivity contribution >= 4 is 17.5 Å². The van der Waals surface area contributed by atoms with Gasteiger partial charge in [0.2, 0.25) is 5.91 Å². The van der Waals surface area contributed by atoms with E-state index in [2.05, 4.69) is 25.9 Å². The van der Waals surface area contributed by atoms with Crippen LogP contribution < -0.4 is 16.0 Å². The smallest absolute Gasteiger partial charge is 0.220 e. The molecule has 0 aromatic carbocycles. The number of piperidine rings is 1. The fourth-order valence-electron chi connectivity index (χ4n) is 2.30. The van der Waals surface area contributed by atoms with Gasteiger partial charge in [0.25, 0.3) is 0 Å². The predicted molar refractivity (Wildman–Crippen MR) is 72.9 cm³/mol. The zero-order chi connectivity index (χ0) is 13.2. The number of aromatic nitrogens is 2. The highest BCUT2D eigenvalue weighted by molar-refractivity contribution is 5.77.